The van der Waals surface area contributed by atoms with Gasteiger partial charge in [-0.25, -0.2) is 4.68 Å². The number of nitrogens with zero attached hydrogens (tertiary/aromatic N) is 3. The molecule has 0 unspecified atom stereocenters. The molecule has 0 aliphatic carbocycles. The van der Waals surface area contributed by atoms with Crippen LogP contribution in [0.15, 0.2) is 54.6 Å². The minimum Gasteiger partial charge on any atom is -0.245 e. The number of hydrogen-bond donors (Lipinski definition) is 0. The molecule has 3 aromatic rings. The first-order valence-corrected chi connectivity index (χ1v) is 6.75. The molecule has 3 heteroatoms. The minimum atomic E-state index is 0.755. The van der Waals surface area contributed by atoms with Crippen LogP contribution in [0.3, 0.4) is 0 Å². The van der Waals surface area contributed by atoms with Crippen molar-refractivity contribution in [1.82, 2.24) is 15.0 Å². The van der Waals surface area contributed by atoms with Gasteiger partial charge >= 0.3 is 0 Å². The van der Waals surface area contributed by atoms with E-state index < -0.39 is 0 Å². The average Bonchev–Trinajstić information content (AvgIpc) is 2.83. The monoisotopic (exact) mass is 263 g/mol. The molecule has 0 spiro atoms. The molecule has 0 N–H and O–H groups in total. The Morgan fingerprint density at radius 3 is 2.30 bits per heavy atom. The Hall–Kier alpha value is -2.42. The van der Waals surface area contributed by atoms with Crippen molar-refractivity contribution >= 4 is 0 Å². The van der Waals surface area contributed by atoms with Gasteiger partial charge in [-0.15, -0.1) is 5.10 Å². The fraction of sp³-hybridized carbons (Fsp3) is 0.176. The summed E-state index contributed by atoms with van der Waals surface area (Å²) in [5, 5.41) is 8.60. The number of rotatable bonds is 3. The zero-order valence-electron chi connectivity index (χ0n) is 11.7. The van der Waals surface area contributed by atoms with Gasteiger partial charge in [-0.2, -0.15) is 0 Å². The van der Waals surface area contributed by atoms with E-state index in [1.165, 1.54) is 11.1 Å². The fourth-order valence-electron chi connectivity index (χ4n) is 2.25. The molecule has 20 heavy (non-hydrogen) atoms. The molecule has 0 aliphatic heterocycles. The average molecular weight is 263 g/mol. The molecule has 100 valence electrons. The smallest absolute Gasteiger partial charge is 0.115 e. The van der Waals surface area contributed by atoms with E-state index in [2.05, 4.69) is 60.6 Å². The highest BCUT2D eigenvalue weighted by atomic mass is 15.4. The van der Waals surface area contributed by atoms with Crippen molar-refractivity contribution in [2.45, 2.75) is 20.4 Å². The van der Waals surface area contributed by atoms with Crippen molar-refractivity contribution < 1.29 is 0 Å². The van der Waals surface area contributed by atoms with E-state index in [9.17, 15) is 0 Å². The highest BCUT2D eigenvalue weighted by Gasteiger charge is 2.10. The molecule has 1 heterocycles. The number of benzene rings is 2. The maximum atomic E-state index is 4.32. The van der Waals surface area contributed by atoms with Gasteiger partial charge in [0.1, 0.15) is 5.69 Å². The molecule has 0 atom stereocenters. The van der Waals surface area contributed by atoms with Gasteiger partial charge < -0.3 is 0 Å². The number of aromatic nitrogens is 3. The largest absolute Gasteiger partial charge is 0.245 e. The molecular formula is C17H17N3. The lowest BCUT2D eigenvalue weighted by atomic mass is 10.1. The molecule has 3 rings (SSSR count). The third-order valence-electron chi connectivity index (χ3n) is 3.48. The van der Waals surface area contributed by atoms with Crippen molar-refractivity contribution in [3.8, 4) is 11.3 Å². The SMILES string of the molecule is Cc1ccc(-c2nnn(Cc3ccccc3)c2C)cc1. The first-order valence-electron chi connectivity index (χ1n) is 6.75. The Bertz CT molecular complexity index is 697. The summed E-state index contributed by atoms with van der Waals surface area (Å²) in [6.45, 7) is 4.91. The van der Waals surface area contributed by atoms with Crippen molar-refractivity contribution in [3.63, 3.8) is 0 Å². The second kappa shape index (κ2) is 5.29. The minimum absolute atomic E-state index is 0.755. The van der Waals surface area contributed by atoms with Gasteiger partial charge in [0.15, 0.2) is 0 Å². The van der Waals surface area contributed by atoms with Crippen LogP contribution in [0.4, 0.5) is 0 Å². The Morgan fingerprint density at radius 1 is 0.900 bits per heavy atom. The van der Waals surface area contributed by atoms with Crippen LogP contribution in [0.2, 0.25) is 0 Å². The lowest BCUT2D eigenvalue weighted by Crippen LogP contribution is -2.03. The summed E-state index contributed by atoms with van der Waals surface area (Å²) in [6, 6.07) is 18.7. The molecule has 0 amide bonds. The first-order chi connectivity index (χ1) is 9.74. The second-order valence-corrected chi connectivity index (χ2v) is 5.03. The molecule has 0 saturated heterocycles. The molecule has 0 radical (unpaired) electrons. The van der Waals surface area contributed by atoms with Crippen LogP contribution in [0.1, 0.15) is 16.8 Å². The molecule has 0 fully saturated rings. The van der Waals surface area contributed by atoms with E-state index >= 15 is 0 Å². The summed E-state index contributed by atoms with van der Waals surface area (Å²) < 4.78 is 1.95. The normalized spacial score (nSPS) is 10.7. The third-order valence-corrected chi connectivity index (χ3v) is 3.48. The van der Waals surface area contributed by atoms with Gasteiger partial charge in [-0.3, -0.25) is 0 Å². The number of aryl methyl sites for hydroxylation is 1. The Kier molecular flexibility index (Phi) is 3.33. The lowest BCUT2D eigenvalue weighted by molar-refractivity contribution is 0.633. The van der Waals surface area contributed by atoms with E-state index in [4.69, 9.17) is 0 Å². The molecule has 0 bridgehead atoms. The van der Waals surface area contributed by atoms with Gasteiger partial charge in [-0.1, -0.05) is 65.4 Å². The quantitative estimate of drug-likeness (QED) is 0.722. The van der Waals surface area contributed by atoms with Gasteiger partial charge in [-0.05, 0) is 19.4 Å². The predicted molar refractivity (Wildman–Crippen MR) is 80.5 cm³/mol. The topological polar surface area (TPSA) is 30.7 Å². The number of hydrogen-bond acceptors (Lipinski definition) is 2. The summed E-state index contributed by atoms with van der Waals surface area (Å²) in [4.78, 5) is 0. The van der Waals surface area contributed by atoms with Crippen molar-refractivity contribution in [3.05, 3.63) is 71.4 Å². The van der Waals surface area contributed by atoms with Crippen LogP contribution < -0.4 is 0 Å². The Morgan fingerprint density at radius 2 is 1.60 bits per heavy atom. The van der Waals surface area contributed by atoms with E-state index in [0.29, 0.717) is 0 Å². The lowest BCUT2D eigenvalue weighted by Gasteiger charge is -2.04. The van der Waals surface area contributed by atoms with Crippen molar-refractivity contribution in [1.29, 1.82) is 0 Å². The first kappa shape index (κ1) is 12.6. The maximum Gasteiger partial charge on any atom is 0.115 e. The fourth-order valence-corrected chi connectivity index (χ4v) is 2.25. The van der Waals surface area contributed by atoms with E-state index in [1.807, 2.05) is 22.9 Å². The van der Waals surface area contributed by atoms with Crippen molar-refractivity contribution in [2.75, 3.05) is 0 Å². The van der Waals surface area contributed by atoms with E-state index in [-0.39, 0.29) is 0 Å². The molecule has 3 nitrogen and oxygen atoms in total. The highest BCUT2D eigenvalue weighted by Crippen LogP contribution is 2.21. The van der Waals surface area contributed by atoms with Crippen molar-refractivity contribution in [2.24, 2.45) is 0 Å². The summed E-state index contributed by atoms with van der Waals surface area (Å²) in [5.41, 5.74) is 5.66. The summed E-state index contributed by atoms with van der Waals surface area (Å²) in [6.07, 6.45) is 0. The zero-order chi connectivity index (χ0) is 13.9. The molecule has 1 aromatic heterocycles. The zero-order valence-corrected chi connectivity index (χ0v) is 11.7. The Balaban J connectivity index is 1.91. The van der Waals surface area contributed by atoms with Gasteiger partial charge in [0, 0.05) is 5.56 Å². The molecule has 0 saturated carbocycles. The van der Waals surface area contributed by atoms with Crippen LogP contribution in [0, 0.1) is 13.8 Å². The van der Waals surface area contributed by atoms with Crippen LogP contribution in [0.5, 0.6) is 0 Å². The standard InChI is InChI=1S/C17H17N3/c1-13-8-10-16(11-9-13)17-14(2)20(19-18-17)12-15-6-4-3-5-7-15/h3-11H,12H2,1-2H3. The molecular weight excluding hydrogens is 246 g/mol. The third kappa shape index (κ3) is 2.48. The van der Waals surface area contributed by atoms with Crippen LogP contribution in [-0.4, -0.2) is 15.0 Å². The van der Waals surface area contributed by atoms with Crippen LogP contribution in [-0.2, 0) is 6.54 Å². The van der Waals surface area contributed by atoms with Crippen LogP contribution in [0.25, 0.3) is 11.3 Å². The van der Waals surface area contributed by atoms with Crippen LogP contribution >= 0.6 is 0 Å². The summed E-state index contributed by atoms with van der Waals surface area (Å²) >= 11 is 0. The summed E-state index contributed by atoms with van der Waals surface area (Å²) in [7, 11) is 0. The molecule has 2 aromatic carbocycles. The second-order valence-electron chi connectivity index (χ2n) is 5.03. The van der Waals surface area contributed by atoms with Gasteiger partial charge in [0.2, 0.25) is 0 Å². The van der Waals surface area contributed by atoms with Gasteiger partial charge in [0.05, 0.1) is 12.2 Å². The Labute approximate surface area is 118 Å². The predicted octanol–water partition coefficient (Wildman–Crippen LogP) is 3.61. The van der Waals surface area contributed by atoms with Gasteiger partial charge in [0.25, 0.3) is 0 Å². The highest BCUT2D eigenvalue weighted by molar-refractivity contribution is 5.61. The summed E-state index contributed by atoms with van der Waals surface area (Å²) in [5.74, 6) is 0. The van der Waals surface area contributed by atoms with E-state index in [0.717, 1.165) is 23.5 Å². The molecule has 0 aliphatic rings. The maximum absolute atomic E-state index is 4.32. The van der Waals surface area contributed by atoms with E-state index in [1.54, 1.807) is 0 Å².